The summed E-state index contributed by atoms with van der Waals surface area (Å²) in [6, 6.07) is 7.74. The molecule has 1 fully saturated rings. The number of aromatic nitrogens is 3. The number of H-pyrrole nitrogens is 1. The van der Waals surface area contributed by atoms with Crippen LogP contribution in [0.3, 0.4) is 0 Å². The lowest BCUT2D eigenvalue weighted by Gasteiger charge is -2.37. The van der Waals surface area contributed by atoms with Crippen molar-refractivity contribution >= 4 is 22.8 Å². The van der Waals surface area contributed by atoms with Crippen molar-refractivity contribution in [2.45, 2.75) is 39.3 Å². The highest BCUT2D eigenvalue weighted by atomic mass is 16.3. The number of phenolic OH excluding ortho intramolecular Hbond substituents is 1. The lowest BCUT2D eigenvalue weighted by molar-refractivity contribution is -0.127. The van der Waals surface area contributed by atoms with Gasteiger partial charge < -0.3 is 20.6 Å². The Labute approximate surface area is 186 Å². The molecule has 0 spiro atoms. The maximum atomic E-state index is 13.8. The Bertz CT molecular complexity index is 1160. The number of aryl methyl sites for hydroxylation is 1. The van der Waals surface area contributed by atoms with Crippen molar-refractivity contribution in [3.05, 3.63) is 41.6 Å². The summed E-state index contributed by atoms with van der Waals surface area (Å²) in [5, 5.41) is 23.6. The van der Waals surface area contributed by atoms with Gasteiger partial charge in [0.15, 0.2) is 5.65 Å². The van der Waals surface area contributed by atoms with Gasteiger partial charge >= 0.3 is 0 Å². The second kappa shape index (κ2) is 8.23. The molecule has 0 aliphatic carbocycles. The number of nitrogens with one attached hydrogen (secondary N) is 3. The Balaban J connectivity index is 1.77. The maximum absolute atomic E-state index is 13.8. The highest BCUT2D eigenvalue weighted by molar-refractivity contribution is 6.08. The van der Waals surface area contributed by atoms with E-state index in [1.807, 2.05) is 27.7 Å². The van der Waals surface area contributed by atoms with Crippen molar-refractivity contribution in [3.8, 4) is 17.0 Å². The number of amides is 2. The molecule has 3 aromatic rings. The molecule has 1 saturated heterocycles. The third kappa shape index (κ3) is 4.29. The number of carbonyl (C=O) groups is 2. The van der Waals surface area contributed by atoms with Gasteiger partial charge in [-0.05, 0) is 58.0 Å². The number of fused-ring (bicyclic) bond motifs is 1. The second-order valence-electron chi connectivity index (χ2n) is 9.09. The molecule has 9 heteroatoms. The molecule has 1 aromatic carbocycles. The Morgan fingerprint density at radius 2 is 1.94 bits per heavy atom. The summed E-state index contributed by atoms with van der Waals surface area (Å²) in [5.74, 6) is -0.277. The molecule has 1 aliphatic rings. The first-order valence-electron chi connectivity index (χ1n) is 10.6. The predicted octanol–water partition coefficient (Wildman–Crippen LogP) is 1.97. The van der Waals surface area contributed by atoms with Gasteiger partial charge in [0.05, 0.1) is 22.3 Å². The third-order valence-electron chi connectivity index (χ3n) is 5.41. The van der Waals surface area contributed by atoms with E-state index < -0.39 is 11.6 Å². The van der Waals surface area contributed by atoms with E-state index in [4.69, 9.17) is 0 Å². The van der Waals surface area contributed by atoms with Crippen LogP contribution in [0.2, 0.25) is 0 Å². The number of hydrogen-bond donors (Lipinski definition) is 4. The van der Waals surface area contributed by atoms with Gasteiger partial charge in [-0.15, -0.1) is 0 Å². The molecule has 4 N–H and O–H groups in total. The van der Waals surface area contributed by atoms with Gasteiger partial charge in [0.25, 0.3) is 5.91 Å². The number of carbonyl (C=O) groups excluding carboxylic acids is 2. The summed E-state index contributed by atoms with van der Waals surface area (Å²) in [7, 11) is 0. The molecule has 0 saturated carbocycles. The first-order valence-corrected chi connectivity index (χ1v) is 10.6. The number of aromatic hydroxyl groups is 1. The number of pyridine rings is 1. The Morgan fingerprint density at radius 3 is 2.62 bits per heavy atom. The van der Waals surface area contributed by atoms with Crippen molar-refractivity contribution < 1.29 is 14.7 Å². The molecule has 2 aromatic heterocycles. The number of hydrogen-bond acceptors (Lipinski definition) is 6. The van der Waals surface area contributed by atoms with Crippen molar-refractivity contribution in [3.63, 3.8) is 0 Å². The Hall–Kier alpha value is -3.46. The van der Waals surface area contributed by atoms with Crippen LogP contribution in [-0.2, 0) is 4.79 Å². The van der Waals surface area contributed by atoms with E-state index >= 15 is 0 Å². The van der Waals surface area contributed by atoms with E-state index in [2.05, 4.69) is 25.8 Å². The van der Waals surface area contributed by atoms with Crippen LogP contribution in [0.15, 0.2) is 30.3 Å². The van der Waals surface area contributed by atoms with E-state index in [-0.39, 0.29) is 17.6 Å². The van der Waals surface area contributed by atoms with Gasteiger partial charge in [-0.1, -0.05) is 0 Å². The first kappa shape index (κ1) is 21.8. The highest BCUT2D eigenvalue weighted by Crippen LogP contribution is 2.28. The predicted molar refractivity (Wildman–Crippen MR) is 121 cm³/mol. The molecule has 1 aliphatic heterocycles. The number of rotatable bonds is 3. The van der Waals surface area contributed by atoms with Crippen LogP contribution >= 0.6 is 0 Å². The van der Waals surface area contributed by atoms with E-state index in [0.29, 0.717) is 47.6 Å². The van der Waals surface area contributed by atoms with Crippen LogP contribution in [0.4, 0.5) is 0 Å². The quantitative estimate of drug-likeness (QED) is 0.498. The monoisotopic (exact) mass is 436 g/mol. The third-order valence-corrected chi connectivity index (χ3v) is 5.41. The minimum Gasteiger partial charge on any atom is -0.508 e. The van der Waals surface area contributed by atoms with Crippen LogP contribution < -0.4 is 10.6 Å². The van der Waals surface area contributed by atoms with Crippen LogP contribution in [0.1, 0.15) is 36.8 Å². The molecular formula is C23H28N6O3. The van der Waals surface area contributed by atoms with Gasteiger partial charge in [0.2, 0.25) is 5.91 Å². The lowest BCUT2D eigenvalue weighted by Crippen LogP contribution is -2.61. The number of benzene rings is 1. The van der Waals surface area contributed by atoms with E-state index in [1.165, 1.54) is 0 Å². The molecule has 9 nitrogen and oxygen atoms in total. The van der Waals surface area contributed by atoms with E-state index in [9.17, 15) is 14.7 Å². The molecule has 0 radical (unpaired) electrons. The number of phenols is 1. The van der Waals surface area contributed by atoms with Crippen molar-refractivity contribution in [2.24, 2.45) is 0 Å². The molecule has 0 unspecified atom stereocenters. The molecule has 32 heavy (non-hydrogen) atoms. The molecule has 1 atom stereocenters. The Kier molecular flexibility index (Phi) is 5.60. The fourth-order valence-electron chi connectivity index (χ4n) is 3.92. The normalized spacial score (nSPS) is 16.9. The topological polar surface area (TPSA) is 123 Å². The average Bonchev–Trinajstić information content (AvgIpc) is 3.13. The largest absolute Gasteiger partial charge is 0.508 e. The van der Waals surface area contributed by atoms with Gasteiger partial charge in [-0.25, -0.2) is 4.98 Å². The maximum Gasteiger partial charge on any atom is 0.255 e. The molecular weight excluding hydrogens is 408 g/mol. The van der Waals surface area contributed by atoms with Gasteiger partial charge in [-0.3, -0.25) is 14.7 Å². The second-order valence-corrected chi connectivity index (χ2v) is 9.09. The van der Waals surface area contributed by atoms with Crippen molar-refractivity contribution in [1.29, 1.82) is 0 Å². The molecule has 2 amide bonds. The lowest BCUT2D eigenvalue weighted by atomic mass is 10.0. The SMILES string of the molecule is Cc1n[nH]c2nc(-c3ccc(O)cc3)cc(C(=O)N3CCNC[C@H]3C(=O)NC(C)(C)C)c12. The van der Waals surface area contributed by atoms with Crippen molar-refractivity contribution in [2.75, 3.05) is 19.6 Å². The van der Waals surface area contributed by atoms with Crippen LogP contribution in [-0.4, -0.2) is 68.2 Å². The molecule has 168 valence electrons. The summed E-state index contributed by atoms with van der Waals surface area (Å²) in [5.41, 5.74) is 2.55. The summed E-state index contributed by atoms with van der Waals surface area (Å²) in [6.45, 7) is 8.97. The van der Waals surface area contributed by atoms with Gasteiger partial charge in [-0.2, -0.15) is 5.10 Å². The van der Waals surface area contributed by atoms with Gasteiger partial charge in [0, 0.05) is 30.7 Å². The minimum absolute atomic E-state index is 0.150. The number of nitrogens with zero attached hydrogens (tertiary/aromatic N) is 3. The molecule has 4 rings (SSSR count). The number of piperazine rings is 1. The van der Waals surface area contributed by atoms with Crippen LogP contribution in [0.25, 0.3) is 22.3 Å². The van der Waals surface area contributed by atoms with Crippen molar-refractivity contribution in [1.82, 2.24) is 30.7 Å². The summed E-state index contributed by atoms with van der Waals surface area (Å²) < 4.78 is 0. The number of aromatic amines is 1. The zero-order chi connectivity index (χ0) is 23.0. The average molecular weight is 437 g/mol. The zero-order valence-electron chi connectivity index (χ0n) is 18.7. The van der Waals surface area contributed by atoms with Crippen LogP contribution in [0, 0.1) is 6.92 Å². The summed E-state index contributed by atoms with van der Waals surface area (Å²) in [6.07, 6.45) is 0. The minimum atomic E-state index is -0.622. The molecule has 0 bridgehead atoms. The van der Waals surface area contributed by atoms with E-state index in [0.717, 1.165) is 5.56 Å². The molecule has 3 heterocycles. The van der Waals surface area contributed by atoms with E-state index in [1.54, 1.807) is 35.2 Å². The summed E-state index contributed by atoms with van der Waals surface area (Å²) in [4.78, 5) is 33.0. The smallest absolute Gasteiger partial charge is 0.255 e. The zero-order valence-corrected chi connectivity index (χ0v) is 18.7. The highest BCUT2D eigenvalue weighted by Gasteiger charge is 2.35. The standard InChI is InChI=1S/C23H28N6O3/c1-13-19-16(11-17(25-20(19)28-27-13)14-5-7-15(30)8-6-14)22(32)29-10-9-24-12-18(29)21(31)26-23(2,3)4/h5-8,11,18,24,30H,9-10,12H2,1-4H3,(H,26,31)(H,25,27,28)/t18-/m0/s1. The fourth-order valence-corrected chi connectivity index (χ4v) is 3.92. The summed E-state index contributed by atoms with van der Waals surface area (Å²) >= 11 is 0. The Morgan fingerprint density at radius 1 is 1.22 bits per heavy atom. The first-order chi connectivity index (χ1) is 15.1. The van der Waals surface area contributed by atoms with Gasteiger partial charge in [0.1, 0.15) is 11.8 Å². The van der Waals surface area contributed by atoms with Crippen LogP contribution in [0.5, 0.6) is 5.75 Å². The fraction of sp³-hybridized carbons (Fsp3) is 0.391.